The summed E-state index contributed by atoms with van der Waals surface area (Å²) in [5.74, 6) is -0.157. The Bertz CT molecular complexity index is 874. The van der Waals surface area contributed by atoms with Gasteiger partial charge in [-0.05, 0) is 35.9 Å². The van der Waals surface area contributed by atoms with Crippen LogP contribution in [-0.2, 0) is 0 Å². The van der Waals surface area contributed by atoms with Crippen LogP contribution in [0.5, 0.6) is 23.0 Å². The van der Waals surface area contributed by atoms with E-state index in [1.807, 2.05) is 0 Å². The minimum atomic E-state index is -0.734. The molecule has 0 aliphatic heterocycles. The number of ether oxygens (including phenoxy) is 3. The van der Waals surface area contributed by atoms with Gasteiger partial charge in [0.2, 0.25) is 5.75 Å². The Hall–Kier alpha value is -3.55. The van der Waals surface area contributed by atoms with Gasteiger partial charge in [0, 0.05) is 6.07 Å². The van der Waals surface area contributed by atoms with Gasteiger partial charge in [-0.15, -0.1) is 0 Å². The van der Waals surface area contributed by atoms with E-state index < -0.39 is 16.4 Å². The lowest BCUT2D eigenvalue weighted by atomic mass is 10.1. The molecule has 0 amide bonds. The number of ketones is 1. The van der Waals surface area contributed by atoms with E-state index in [-0.39, 0.29) is 17.1 Å². The molecule has 0 heterocycles. The SMILES string of the molecule is COc1ccc(OC)c(C(=O)/C=C/c2cc(OC)c(O)c([N+](=O)[O-])c2)c1. The third kappa shape index (κ3) is 3.92. The van der Waals surface area contributed by atoms with Gasteiger partial charge in [-0.25, -0.2) is 0 Å². The number of benzene rings is 2. The number of rotatable bonds is 7. The molecular formula is C18H17NO7. The van der Waals surface area contributed by atoms with Crippen LogP contribution in [0.25, 0.3) is 6.08 Å². The maximum absolute atomic E-state index is 12.5. The van der Waals surface area contributed by atoms with E-state index in [0.717, 1.165) is 6.07 Å². The second-order valence-corrected chi connectivity index (χ2v) is 5.11. The van der Waals surface area contributed by atoms with Crippen molar-refractivity contribution in [3.63, 3.8) is 0 Å². The molecule has 136 valence electrons. The summed E-state index contributed by atoms with van der Waals surface area (Å²) in [5.41, 5.74) is 0.0836. The minimum absolute atomic E-state index is 0.0646. The summed E-state index contributed by atoms with van der Waals surface area (Å²) < 4.78 is 15.2. The lowest BCUT2D eigenvalue weighted by Gasteiger charge is -2.08. The number of nitrogens with zero attached hydrogens (tertiary/aromatic N) is 1. The van der Waals surface area contributed by atoms with Crippen LogP contribution in [0.3, 0.4) is 0 Å². The van der Waals surface area contributed by atoms with Crippen molar-refractivity contribution in [3.05, 3.63) is 57.6 Å². The molecule has 26 heavy (non-hydrogen) atoms. The first-order valence-corrected chi connectivity index (χ1v) is 7.41. The molecule has 0 fully saturated rings. The van der Waals surface area contributed by atoms with Crippen molar-refractivity contribution < 1.29 is 29.0 Å². The molecule has 1 N–H and O–H groups in total. The van der Waals surface area contributed by atoms with Gasteiger partial charge in [0.15, 0.2) is 11.5 Å². The number of nitro groups is 1. The Morgan fingerprint density at radius 1 is 1.08 bits per heavy atom. The average Bonchev–Trinajstić information content (AvgIpc) is 2.65. The third-order valence-corrected chi connectivity index (χ3v) is 3.59. The molecule has 8 nitrogen and oxygen atoms in total. The van der Waals surface area contributed by atoms with Gasteiger partial charge in [0.05, 0.1) is 31.8 Å². The van der Waals surface area contributed by atoms with E-state index >= 15 is 0 Å². The summed E-state index contributed by atoms with van der Waals surface area (Å²) in [5, 5.41) is 20.8. The summed E-state index contributed by atoms with van der Waals surface area (Å²) in [6.07, 6.45) is 2.63. The van der Waals surface area contributed by atoms with Crippen molar-refractivity contribution in [3.8, 4) is 23.0 Å². The first kappa shape index (κ1) is 18.8. The molecule has 0 spiro atoms. The molecular weight excluding hydrogens is 342 g/mol. The third-order valence-electron chi connectivity index (χ3n) is 3.59. The molecule has 0 radical (unpaired) electrons. The Balaban J connectivity index is 2.39. The van der Waals surface area contributed by atoms with E-state index in [1.54, 1.807) is 12.1 Å². The number of allylic oxidation sites excluding steroid dienone is 1. The van der Waals surface area contributed by atoms with Crippen molar-refractivity contribution in [1.82, 2.24) is 0 Å². The Morgan fingerprint density at radius 3 is 2.35 bits per heavy atom. The van der Waals surface area contributed by atoms with Crippen molar-refractivity contribution >= 4 is 17.5 Å². The van der Waals surface area contributed by atoms with Gasteiger partial charge in [0.1, 0.15) is 11.5 Å². The van der Waals surface area contributed by atoms with E-state index in [1.165, 1.54) is 45.6 Å². The largest absolute Gasteiger partial charge is 0.500 e. The number of carbonyl (C=O) groups is 1. The van der Waals surface area contributed by atoms with E-state index in [9.17, 15) is 20.0 Å². The molecule has 2 aromatic rings. The Morgan fingerprint density at radius 2 is 1.77 bits per heavy atom. The first-order valence-electron chi connectivity index (χ1n) is 7.41. The number of carbonyl (C=O) groups excluding carboxylic acids is 1. The lowest BCUT2D eigenvalue weighted by molar-refractivity contribution is -0.386. The van der Waals surface area contributed by atoms with Gasteiger partial charge >= 0.3 is 5.69 Å². The maximum atomic E-state index is 12.5. The first-order chi connectivity index (χ1) is 12.4. The number of phenols is 1. The topological polar surface area (TPSA) is 108 Å². The predicted octanol–water partition coefficient (Wildman–Crippen LogP) is 3.22. The highest BCUT2D eigenvalue weighted by molar-refractivity contribution is 6.09. The number of nitro benzene ring substituents is 1. The predicted molar refractivity (Wildman–Crippen MR) is 94.2 cm³/mol. The molecule has 0 bridgehead atoms. The second kappa shape index (κ2) is 8.02. The van der Waals surface area contributed by atoms with Gasteiger partial charge in [-0.1, -0.05) is 6.08 Å². The van der Waals surface area contributed by atoms with Crippen molar-refractivity contribution in [2.24, 2.45) is 0 Å². The van der Waals surface area contributed by atoms with Gasteiger partial charge in [-0.3, -0.25) is 14.9 Å². The van der Waals surface area contributed by atoms with Crippen LogP contribution >= 0.6 is 0 Å². The van der Waals surface area contributed by atoms with Gasteiger partial charge in [0.25, 0.3) is 0 Å². The highest BCUT2D eigenvalue weighted by Gasteiger charge is 2.19. The van der Waals surface area contributed by atoms with Crippen molar-refractivity contribution in [1.29, 1.82) is 0 Å². The molecule has 0 saturated carbocycles. The number of hydrogen-bond donors (Lipinski definition) is 1. The number of aromatic hydroxyl groups is 1. The van der Waals surface area contributed by atoms with Crippen LogP contribution < -0.4 is 14.2 Å². The molecule has 0 aliphatic rings. The zero-order valence-electron chi connectivity index (χ0n) is 14.4. The molecule has 0 atom stereocenters. The molecule has 0 unspecified atom stereocenters. The zero-order chi connectivity index (χ0) is 19.3. The fourth-order valence-electron chi connectivity index (χ4n) is 2.27. The average molecular weight is 359 g/mol. The number of phenolic OH excluding ortho intramolecular Hbond substituents is 1. The standard InChI is InChI=1S/C18H17NO7/c1-24-12-5-7-16(25-2)13(10-12)15(20)6-4-11-8-14(19(22)23)18(21)17(9-11)26-3/h4-10,21H,1-3H3/b6-4+. The normalized spacial score (nSPS) is 10.6. The summed E-state index contributed by atoms with van der Waals surface area (Å²) in [4.78, 5) is 22.8. The maximum Gasteiger partial charge on any atom is 0.315 e. The van der Waals surface area contributed by atoms with E-state index in [0.29, 0.717) is 17.1 Å². The fraction of sp³-hybridized carbons (Fsp3) is 0.167. The number of hydrogen-bond acceptors (Lipinski definition) is 7. The second-order valence-electron chi connectivity index (χ2n) is 5.11. The van der Waals surface area contributed by atoms with Crippen LogP contribution in [0.1, 0.15) is 15.9 Å². The zero-order valence-corrected chi connectivity index (χ0v) is 14.4. The molecule has 0 aromatic heterocycles. The van der Waals surface area contributed by atoms with Crippen LogP contribution in [-0.4, -0.2) is 37.1 Å². The van der Waals surface area contributed by atoms with Gasteiger partial charge < -0.3 is 19.3 Å². The lowest BCUT2D eigenvalue weighted by Crippen LogP contribution is -2.00. The van der Waals surface area contributed by atoms with E-state index in [4.69, 9.17) is 14.2 Å². The monoisotopic (exact) mass is 359 g/mol. The van der Waals surface area contributed by atoms with Crippen LogP contribution in [0.15, 0.2) is 36.4 Å². The Labute approximate surface area is 149 Å². The molecule has 0 aliphatic carbocycles. The summed E-state index contributed by atoms with van der Waals surface area (Å²) in [6, 6.07) is 7.33. The summed E-state index contributed by atoms with van der Waals surface area (Å²) in [7, 11) is 4.20. The molecule has 8 heteroatoms. The molecule has 0 saturated heterocycles. The number of methoxy groups -OCH3 is 3. The summed E-state index contributed by atoms with van der Waals surface area (Å²) in [6.45, 7) is 0. The quantitative estimate of drug-likeness (QED) is 0.350. The Kier molecular flexibility index (Phi) is 5.79. The highest BCUT2D eigenvalue weighted by Crippen LogP contribution is 2.37. The fourth-order valence-corrected chi connectivity index (χ4v) is 2.27. The van der Waals surface area contributed by atoms with Crippen LogP contribution in [0, 0.1) is 10.1 Å². The van der Waals surface area contributed by atoms with Crippen molar-refractivity contribution in [2.75, 3.05) is 21.3 Å². The minimum Gasteiger partial charge on any atom is -0.500 e. The van der Waals surface area contributed by atoms with Crippen LogP contribution in [0.2, 0.25) is 0 Å². The van der Waals surface area contributed by atoms with E-state index in [2.05, 4.69) is 0 Å². The van der Waals surface area contributed by atoms with Gasteiger partial charge in [-0.2, -0.15) is 0 Å². The molecule has 2 aromatic carbocycles. The molecule has 2 rings (SSSR count). The highest BCUT2D eigenvalue weighted by atomic mass is 16.6. The van der Waals surface area contributed by atoms with Crippen LogP contribution in [0.4, 0.5) is 5.69 Å². The summed E-state index contributed by atoms with van der Waals surface area (Å²) >= 11 is 0. The van der Waals surface area contributed by atoms with Crippen molar-refractivity contribution in [2.45, 2.75) is 0 Å². The smallest absolute Gasteiger partial charge is 0.315 e.